The summed E-state index contributed by atoms with van der Waals surface area (Å²) in [5, 5.41) is 0. The van der Waals surface area contributed by atoms with Gasteiger partial charge in [-0.3, -0.25) is 0 Å². The zero-order valence-electron chi connectivity index (χ0n) is 10.6. The van der Waals surface area contributed by atoms with E-state index in [0.29, 0.717) is 6.61 Å². The van der Waals surface area contributed by atoms with E-state index in [4.69, 9.17) is 9.47 Å². The number of rotatable bonds is 6. The lowest BCUT2D eigenvalue weighted by atomic mass is 10.1. The Labute approximate surface area is 112 Å². The number of benzene rings is 1. The van der Waals surface area contributed by atoms with E-state index in [2.05, 4.69) is 6.07 Å². The van der Waals surface area contributed by atoms with Gasteiger partial charge in [-0.2, -0.15) is 11.8 Å². The molecule has 2 rings (SSSR count). The third-order valence-corrected chi connectivity index (χ3v) is 3.55. The van der Waals surface area contributed by atoms with E-state index in [1.54, 1.807) is 11.8 Å². The van der Waals surface area contributed by atoms with Crippen LogP contribution in [-0.2, 0) is 22.4 Å². The van der Waals surface area contributed by atoms with Gasteiger partial charge in [-0.15, -0.1) is 0 Å². The predicted octanol–water partition coefficient (Wildman–Crippen LogP) is 2.46. The molecule has 0 heterocycles. The maximum absolute atomic E-state index is 11.4. The number of hydrogen-bond acceptors (Lipinski definition) is 4. The standard InChI is InChI=1S/C14H18O3S/c1-18-8-7-16-14(15)10-17-13-6-5-11-3-2-4-12(11)9-13/h5-6,9H,2-4,7-8,10H2,1H3. The maximum atomic E-state index is 11.4. The van der Waals surface area contributed by atoms with Crippen molar-refractivity contribution in [3.63, 3.8) is 0 Å². The SMILES string of the molecule is CSCCOC(=O)COc1ccc2c(c1)CCC2. The van der Waals surface area contributed by atoms with Gasteiger partial charge < -0.3 is 9.47 Å². The molecule has 0 unspecified atom stereocenters. The highest BCUT2D eigenvalue weighted by atomic mass is 32.2. The van der Waals surface area contributed by atoms with E-state index < -0.39 is 0 Å². The molecule has 1 aromatic rings. The molecule has 0 fully saturated rings. The molecule has 0 radical (unpaired) electrons. The number of ether oxygens (including phenoxy) is 2. The van der Waals surface area contributed by atoms with E-state index in [9.17, 15) is 4.79 Å². The maximum Gasteiger partial charge on any atom is 0.344 e. The fourth-order valence-electron chi connectivity index (χ4n) is 2.06. The molecule has 0 atom stereocenters. The average Bonchev–Trinajstić information content (AvgIpc) is 2.84. The van der Waals surface area contributed by atoms with Crippen LogP contribution in [0.25, 0.3) is 0 Å². The van der Waals surface area contributed by atoms with E-state index in [-0.39, 0.29) is 12.6 Å². The quantitative estimate of drug-likeness (QED) is 0.585. The van der Waals surface area contributed by atoms with Gasteiger partial charge in [-0.25, -0.2) is 4.79 Å². The minimum Gasteiger partial charge on any atom is -0.482 e. The zero-order chi connectivity index (χ0) is 12.8. The molecule has 0 saturated heterocycles. The van der Waals surface area contributed by atoms with Gasteiger partial charge >= 0.3 is 5.97 Å². The molecule has 1 aliphatic rings. The smallest absolute Gasteiger partial charge is 0.344 e. The lowest BCUT2D eigenvalue weighted by molar-refractivity contribution is -0.145. The molecule has 3 nitrogen and oxygen atoms in total. The van der Waals surface area contributed by atoms with Crippen molar-refractivity contribution in [2.75, 3.05) is 25.2 Å². The summed E-state index contributed by atoms with van der Waals surface area (Å²) in [6, 6.07) is 6.06. The lowest BCUT2D eigenvalue weighted by Crippen LogP contribution is -2.16. The number of hydrogen-bond donors (Lipinski definition) is 0. The summed E-state index contributed by atoms with van der Waals surface area (Å²) in [5.74, 6) is 1.28. The van der Waals surface area contributed by atoms with Gasteiger partial charge in [0.15, 0.2) is 6.61 Å². The van der Waals surface area contributed by atoms with Crippen molar-refractivity contribution in [2.24, 2.45) is 0 Å². The Hall–Kier alpha value is -1.16. The number of aryl methyl sites for hydroxylation is 2. The Bertz CT molecular complexity index is 418. The molecular weight excluding hydrogens is 248 g/mol. The molecule has 98 valence electrons. The van der Waals surface area contributed by atoms with Crippen molar-refractivity contribution >= 4 is 17.7 Å². The molecule has 4 heteroatoms. The normalized spacial score (nSPS) is 13.2. The molecule has 0 saturated carbocycles. The topological polar surface area (TPSA) is 35.5 Å². The largest absolute Gasteiger partial charge is 0.482 e. The Balaban J connectivity index is 1.78. The van der Waals surface area contributed by atoms with Crippen LogP contribution in [0.4, 0.5) is 0 Å². The minimum atomic E-state index is -0.301. The molecule has 0 aliphatic heterocycles. The van der Waals surface area contributed by atoms with Crippen molar-refractivity contribution in [1.29, 1.82) is 0 Å². The molecule has 0 aromatic heterocycles. The van der Waals surface area contributed by atoms with Crippen LogP contribution < -0.4 is 4.74 Å². The summed E-state index contributed by atoms with van der Waals surface area (Å²) in [5.41, 5.74) is 2.76. The van der Waals surface area contributed by atoms with Crippen molar-refractivity contribution in [3.8, 4) is 5.75 Å². The van der Waals surface area contributed by atoms with Crippen molar-refractivity contribution in [2.45, 2.75) is 19.3 Å². The zero-order valence-corrected chi connectivity index (χ0v) is 11.4. The van der Waals surface area contributed by atoms with E-state index >= 15 is 0 Å². The average molecular weight is 266 g/mol. The molecule has 0 spiro atoms. The second-order valence-corrected chi connectivity index (χ2v) is 5.27. The molecule has 0 bridgehead atoms. The molecular formula is C14H18O3S. The van der Waals surface area contributed by atoms with Gasteiger partial charge in [0.1, 0.15) is 12.4 Å². The van der Waals surface area contributed by atoms with Crippen LogP contribution in [0, 0.1) is 0 Å². The van der Waals surface area contributed by atoms with Gasteiger partial charge in [-0.05, 0) is 48.8 Å². The number of thioether (sulfide) groups is 1. The first kappa shape index (κ1) is 13.3. The molecule has 0 amide bonds. The molecule has 0 N–H and O–H groups in total. The van der Waals surface area contributed by atoms with Gasteiger partial charge in [-0.1, -0.05) is 6.07 Å². The Morgan fingerprint density at radius 2 is 2.17 bits per heavy atom. The minimum absolute atomic E-state index is 0.00678. The second kappa shape index (κ2) is 6.69. The number of carbonyl (C=O) groups is 1. The number of carbonyl (C=O) groups excluding carboxylic acids is 1. The summed E-state index contributed by atoms with van der Waals surface area (Å²) in [4.78, 5) is 11.4. The summed E-state index contributed by atoms with van der Waals surface area (Å²) in [6.45, 7) is 0.445. The second-order valence-electron chi connectivity index (χ2n) is 4.29. The van der Waals surface area contributed by atoms with Crippen LogP contribution in [0.3, 0.4) is 0 Å². The molecule has 1 aromatic carbocycles. The highest BCUT2D eigenvalue weighted by Gasteiger charge is 2.12. The van der Waals surface area contributed by atoms with Crippen LogP contribution >= 0.6 is 11.8 Å². The summed E-state index contributed by atoms with van der Waals surface area (Å²) < 4.78 is 10.5. The van der Waals surface area contributed by atoms with E-state index in [0.717, 1.165) is 24.3 Å². The predicted molar refractivity (Wildman–Crippen MR) is 73.3 cm³/mol. The lowest BCUT2D eigenvalue weighted by Gasteiger charge is -2.08. The van der Waals surface area contributed by atoms with Gasteiger partial charge in [0.2, 0.25) is 0 Å². The van der Waals surface area contributed by atoms with E-state index in [1.807, 2.05) is 18.4 Å². The van der Waals surface area contributed by atoms with Crippen LogP contribution in [0.15, 0.2) is 18.2 Å². The third kappa shape index (κ3) is 3.67. The number of fused-ring (bicyclic) bond motifs is 1. The summed E-state index contributed by atoms with van der Waals surface area (Å²) in [6.07, 6.45) is 5.47. The highest BCUT2D eigenvalue weighted by Crippen LogP contribution is 2.25. The molecule has 1 aliphatic carbocycles. The highest BCUT2D eigenvalue weighted by molar-refractivity contribution is 7.98. The van der Waals surface area contributed by atoms with E-state index in [1.165, 1.54) is 17.5 Å². The fraction of sp³-hybridized carbons (Fsp3) is 0.500. The van der Waals surface area contributed by atoms with Crippen LogP contribution in [0.1, 0.15) is 17.5 Å². The number of esters is 1. The third-order valence-electron chi connectivity index (χ3n) is 2.98. The van der Waals surface area contributed by atoms with Crippen molar-refractivity contribution < 1.29 is 14.3 Å². The fourth-order valence-corrected chi connectivity index (χ4v) is 2.31. The van der Waals surface area contributed by atoms with Crippen molar-refractivity contribution in [3.05, 3.63) is 29.3 Å². The van der Waals surface area contributed by atoms with Gasteiger partial charge in [0.05, 0.1) is 0 Å². The Kier molecular flexibility index (Phi) is 4.93. The van der Waals surface area contributed by atoms with Crippen LogP contribution in [0.5, 0.6) is 5.75 Å². The molecule has 18 heavy (non-hydrogen) atoms. The van der Waals surface area contributed by atoms with Gasteiger partial charge in [0, 0.05) is 5.75 Å². The van der Waals surface area contributed by atoms with Gasteiger partial charge in [0.25, 0.3) is 0 Å². The Morgan fingerprint density at radius 1 is 1.33 bits per heavy atom. The first-order valence-corrected chi connectivity index (χ1v) is 7.58. The summed E-state index contributed by atoms with van der Waals surface area (Å²) >= 11 is 1.65. The van der Waals surface area contributed by atoms with Crippen LogP contribution in [0.2, 0.25) is 0 Å². The van der Waals surface area contributed by atoms with Crippen molar-refractivity contribution in [1.82, 2.24) is 0 Å². The first-order valence-electron chi connectivity index (χ1n) is 6.19. The Morgan fingerprint density at radius 3 is 3.00 bits per heavy atom. The first-order chi connectivity index (χ1) is 8.79. The van der Waals surface area contributed by atoms with Crippen LogP contribution in [-0.4, -0.2) is 31.2 Å². The monoisotopic (exact) mass is 266 g/mol. The summed E-state index contributed by atoms with van der Waals surface area (Å²) in [7, 11) is 0.